The first-order chi connectivity index (χ1) is 8.58. The molecule has 0 aliphatic carbocycles. The van der Waals surface area contributed by atoms with E-state index in [2.05, 4.69) is 44.2 Å². The topological polar surface area (TPSA) is 26.0 Å². The van der Waals surface area contributed by atoms with Crippen molar-refractivity contribution < 1.29 is 0 Å². The van der Waals surface area contributed by atoms with E-state index >= 15 is 0 Å². The highest BCUT2D eigenvalue weighted by Gasteiger charge is 2.01. The van der Waals surface area contributed by atoms with Crippen LogP contribution in [0.2, 0.25) is 0 Å². The van der Waals surface area contributed by atoms with Crippen LogP contribution in [-0.4, -0.2) is 0 Å². The highest BCUT2D eigenvalue weighted by molar-refractivity contribution is 5.69. The summed E-state index contributed by atoms with van der Waals surface area (Å²) < 4.78 is 0. The molecule has 0 unspecified atom stereocenters. The first-order valence-electron chi connectivity index (χ1n) is 6.51. The summed E-state index contributed by atoms with van der Waals surface area (Å²) in [6.07, 6.45) is 0. The molecule has 0 radical (unpaired) electrons. The molecule has 2 aromatic carbocycles. The molecule has 1 nitrogen and oxygen atoms in total. The summed E-state index contributed by atoms with van der Waals surface area (Å²) in [6.45, 7) is 10.3. The van der Waals surface area contributed by atoms with Crippen LogP contribution in [-0.2, 0) is 0 Å². The molecule has 0 heterocycles. The van der Waals surface area contributed by atoms with Crippen LogP contribution in [0, 0.1) is 20.8 Å². The van der Waals surface area contributed by atoms with E-state index in [-0.39, 0.29) is 0 Å². The molecular formula is C17H23N. The highest BCUT2D eigenvalue weighted by Crippen LogP contribution is 2.25. The number of rotatable bonds is 1. The van der Waals surface area contributed by atoms with Crippen LogP contribution >= 0.6 is 0 Å². The van der Waals surface area contributed by atoms with Crippen molar-refractivity contribution in [2.45, 2.75) is 34.6 Å². The Morgan fingerprint density at radius 1 is 0.667 bits per heavy atom. The molecule has 2 rings (SSSR count). The normalized spacial score (nSPS) is 9.61. The Balaban J connectivity index is 0.000000771. The molecule has 0 aromatic heterocycles. The molecule has 18 heavy (non-hydrogen) atoms. The summed E-state index contributed by atoms with van der Waals surface area (Å²) in [6, 6.07) is 12.7. The van der Waals surface area contributed by atoms with Crippen molar-refractivity contribution >= 4 is 5.69 Å². The fourth-order valence-electron chi connectivity index (χ4n) is 1.74. The zero-order valence-corrected chi connectivity index (χ0v) is 12.0. The van der Waals surface area contributed by atoms with Crippen LogP contribution in [0.15, 0.2) is 36.4 Å². The quantitative estimate of drug-likeness (QED) is 0.707. The van der Waals surface area contributed by atoms with E-state index in [4.69, 9.17) is 5.73 Å². The van der Waals surface area contributed by atoms with Crippen molar-refractivity contribution in [2.24, 2.45) is 0 Å². The van der Waals surface area contributed by atoms with Crippen molar-refractivity contribution in [2.75, 3.05) is 5.73 Å². The van der Waals surface area contributed by atoms with E-state index in [1.165, 1.54) is 22.3 Å². The minimum absolute atomic E-state index is 0.857. The Bertz CT molecular complexity index is 478. The maximum absolute atomic E-state index is 5.93. The van der Waals surface area contributed by atoms with Gasteiger partial charge in [-0.15, -0.1) is 0 Å². The van der Waals surface area contributed by atoms with Crippen LogP contribution in [0.1, 0.15) is 30.5 Å². The van der Waals surface area contributed by atoms with Crippen molar-refractivity contribution in [1.29, 1.82) is 0 Å². The Hall–Kier alpha value is -1.76. The summed E-state index contributed by atoms with van der Waals surface area (Å²) in [7, 11) is 0. The lowest BCUT2D eigenvalue weighted by molar-refractivity contribution is 1.34. The molecular weight excluding hydrogens is 218 g/mol. The number of anilines is 1. The average molecular weight is 241 g/mol. The lowest BCUT2D eigenvalue weighted by Crippen LogP contribution is -1.90. The molecule has 0 saturated carbocycles. The van der Waals surface area contributed by atoms with Crippen molar-refractivity contribution in [3.05, 3.63) is 53.1 Å². The van der Waals surface area contributed by atoms with E-state index in [1.807, 2.05) is 26.8 Å². The predicted molar refractivity (Wildman–Crippen MR) is 81.8 cm³/mol. The van der Waals surface area contributed by atoms with Crippen molar-refractivity contribution in [3.63, 3.8) is 0 Å². The number of benzene rings is 2. The lowest BCUT2D eigenvalue weighted by Gasteiger charge is -2.07. The predicted octanol–water partition coefficient (Wildman–Crippen LogP) is 4.89. The molecule has 0 fully saturated rings. The number of nitrogen functional groups attached to an aromatic ring is 1. The maximum Gasteiger partial charge on any atom is 0.0349 e. The van der Waals surface area contributed by atoms with Gasteiger partial charge in [0.25, 0.3) is 0 Å². The summed E-state index contributed by atoms with van der Waals surface area (Å²) >= 11 is 0. The third kappa shape index (κ3) is 3.13. The van der Waals surface area contributed by atoms with Crippen LogP contribution in [0.3, 0.4) is 0 Å². The van der Waals surface area contributed by atoms with Gasteiger partial charge in [0.15, 0.2) is 0 Å². The van der Waals surface area contributed by atoms with E-state index in [9.17, 15) is 0 Å². The van der Waals surface area contributed by atoms with E-state index in [1.54, 1.807) is 0 Å². The van der Waals surface area contributed by atoms with E-state index < -0.39 is 0 Å². The Kier molecular flexibility index (Phi) is 4.96. The van der Waals surface area contributed by atoms with Crippen LogP contribution < -0.4 is 5.73 Å². The summed E-state index contributed by atoms with van der Waals surface area (Å²) in [5, 5.41) is 0. The second-order valence-corrected chi connectivity index (χ2v) is 4.37. The molecule has 96 valence electrons. The minimum atomic E-state index is 0.857. The molecule has 0 saturated heterocycles. The Morgan fingerprint density at radius 3 is 1.67 bits per heavy atom. The zero-order valence-electron chi connectivity index (χ0n) is 12.0. The van der Waals surface area contributed by atoms with Gasteiger partial charge in [0.1, 0.15) is 0 Å². The number of aryl methyl sites for hydroxylation is 3. The first kappa shape index (κ1) is 14.3. The summed E-state index contributed by atoms with van der Waals surface area (Å²) in [4.78, 5) is 0. The van der Waals surface area contributed by atoms with Gasteiger partial charge in [-0.1, -0.05) is 44.2 Å². The van der Waals surface area contributed by atoms with Crippen molar-refractivity contribution in [3.8, 4) is 11.1 Å². The van der Waals surface area contributed by atoms with Gasteiger partial charge in [-0.05, 0) is 54.7 Å². The molecule has 0 spiro atoms. The van der Waals surface area contributed by atoms with Gasteiger partial charge in [-0.3, -0.25) is 0 Å². The van der Waals surface area contributed by atoms with Gasteiger partial charge in [0, 0.05) is 5.69 Å². The first-order valence-corrected chi connectivity index (χ1v) is 6.51. The highest BCUT2D eigenvalue weighted by atomic mass is 14.5. The third-order valence-corrected chi connectivity index (χ3v) is 3.12. The molecule has 0 bridgehead atoms. The average Bonchev–Trinajstić information content (AvgIpc) is 2.38. The zero-order chi connectivity index (χ0) is 13.7. The van der Waals surface area contributed by atoms with Gasteiger partial charge in [0.05, 0.1) is 0 Å². The number of nitrogens with two attached hydrogens (primary N) is 1. The van der Waals surface area contributed by atoms with E-state index in [0.717, 1.165) is 11.3 Å². The fraction of sp³-hybridized carbons (Fsp3) is 0.294. The van der Waals surface area contributed by atoms with Crippen LogP contribution in [0.25, 0.3) is 11.1 Å². The van der Waals surface area contributed by atoms with Crippen LogP contribution in [0.5, 0.6) is 0 Å². The standard InChI is InChI=1S/C15H17N.C2H6/c1-10-4-6-13(8-12(10)3)14-7-5-11(2)15(16)9-14;1-2/h4-9H,16H2,1-3H3;1-2H3. The van der Waals surface area contributed by atoms with Gasteiger partial charge >= 0.3 is 0 Å². The number of hydrogen-bond donors (Lipinski definition) is 1. The molecule has 2 aromatic rings. The molecule has 0 atom stereocenters. The summed E-state index contributed by atoms with van der Waals surface area (Å²) in [5.74, 6) is 0. The number of hydrogen-bond acceptors (Lipinski definition) is 1. The molecule has 1 heteroatoms. The smallest absolute Gasteiger partial charge is 0.0349 e. The van der Waals surface area contributed by atoms with Crippen LogP contribution in [0.4, 0.5) is 5.69 Å². The van der Waals surface area contributed by atoms with Gasteiger partial charge < -0.3 is 5.73 Å². The van der Waals surface area contributed by atoms with E-state index in [0.29, 0.717) is 0 Å². The Labute approximate surface area is 111 Å². The largest absolute Gasteiger partial charge is 0.398 e. The second-order valence-electron chi connectivity index (χ2n) is 4.37. The second kappa shape index (κ2) is 6.25. The molecule has 2 N–H and O–H groups in total. The van der Waals surface area contributed by atoms with Crippen molar-refractivity contribution in [1.82, 2.24) is 0 Å². The lowest BCUT2D eigenvalue weighted by atomic mass is 9.99. The maximum atomic E-state index is 5.93. The monoisotopic (exact) mass is 241 g/mol. The minimum Gasteiger partial charge on any atom is -0.398 e. The fourth-order valence-corrected chi connectivity index (χ4v) is 1.74. The van der Waals surface area contributed by atoms with Gasteiger partial charge in [-0.2, -0.15) is 0 Å². The SMILES string of the molecule is CC.Cc1ccc(-c2ccc(C)c(N)c2)cc1C. The Morgan fingerprint density at radius 2 is 1.17 bits per heavy atom. The molecule has 0 aliphatic rings. The third-order valence-electron chi connectivity index (χ3n) is 3.12. The van der Waals surface area contributed by atoms with Gasteiger partial charge in [0.2, 0.25) is 0 Å². The van der Waals surface area contributed by atoms with Gasteiger partial charge in [-0.25, -0.2) is 0 Å². The molecule has 0 amide bonds. The summed E-state index contributed by atoms with van der Waals surface area (Å²) in [5.41, 5.74) is 13.0. The molecule has 0 aliphatic heterocycles.